The molecule has 2 heterocycles. The minimum Gasteiger partial charge on any atom is -0.453 e. The lowest BCUT2D eigenvalue weighted by atomic mass is 9.77. The second-order valence-corrected chi connectivity index (χ2v) is 25.1. The fraction of sp³-hybridized carbons (Fsp3) is 0.210. The Bertz CT molecular complexity index is 4920. The van der Waals surface area contributed by atoms with E-state index >= 15 is 0 Å². The maximum absolute atomic E-state index is 7.43. The highest BCUT2D eigenvalue weighted by Gasteiger charge is 2.32. The Labute approximate surface area is 498 Å². The van der Waals surface area contributed by atoms with Crippen LogP contribution < -0.4 is 9.80 Å². The van der Waals surface area contributed by atoms with Gasteiger partial charge < -0.3 is 18.6 Å². The number of nitrogens with zero attached hydrogens (tertiary/aromatic N) is 2. The second-order valence-electron chi connectivity index (χ2n) is 25.1. The number of aryl methyl sites for hydroxylation is 5. The molecule has 14 aromatic rings. The molecule has 0 radical (unpaired) electrons. The molecular weight excluding hydrogens is 1030 g/mol. The highest BCUT2D eigenvalue weighted by atomic mass is 16.3. The average Bonchev–Trinajstić information content (AvgIpc) is 1.20. The predicted octanol–water partition coefficient (Wildman–Crippen LogP) is 24.3. The van der Waals surface area contributed by atoms with Gasteiger partial charge in [0.2, 0.25) is 0 Å². The Hall–Kier alpha value is -9.12. The average molecular weight is 1100 g/mol. The smallest absolute Gasteiger partial charge is 0.159 e. The van der Waals surface area contributed by atoms with Crippen molar-refractivity contribution in [2.75, 3.05) is 9.80 Å². The molecule has 0 bridgehead atoms. The Kier molecular flexibility index (Phi) is 12.5. The molecule has 0 aliphatic heterocycles. The van der Waals surface area contributed by atoms with Crippen molar-refractivity contribution in [1.29, 1.82) is 0 Å². The lowest BCUT2D eigenvalue weighted by Crippen LogP contribution is -2.15. The van der Waals surface area contributed by atoms with E-state index in [1.54, 1.807) is 0 Å². The van der Waals surface area contributed by atoms with Gasteiger partial charge in [-0.2, -0.15) is 0 Å². The van der Waals surface area contributed by atoms with Crippen molar-refractivity contribution in [3.63, 3.8) is 0 Å². The first-order valence-electron chi connectivity index (χ1n) is 31.3. The van der Waals surface area contributed by atoms with Gasteiger partial charge in [-0.05, 0) is 192 Å². The highest BCUT2D eigenvalue weighted by molar-refractivity contribution is 6.30. The van der Waals surface area contributed by atoms with Gasteiger partial charge in [0, 0.05) is 54.8 Å². The molecule has 16 rings (SSSR count). The molecular formula is C81H70N2O2. The molecule has 0 unspecified atom stereocenters. The zero-order chi connectivity index (χ0) is 57.0. The third-order valence-electron chi connectivity index (χ3n) is 19.6. The summed E-state index contributed by atoms with van der Waals surface area (Å²) in [5.41, 5.74) is 24.0. The van der Waals surface area contributed by atoms with Crippen molar-refractivity contribution in [3.05, 3.63) is 239 Å². The molecule has 4 nitrogen and oxygen atoms in total. The van der Waals surface area contributed by atoms with Gasteiger partial charge in [0.1, 0.15) is 11.2 Å². The molecule has 2 aliphatic rings. The second kappa shape index (κ2) is 20.6. The summed E-state index contributed by atoms with van der Waals surface area (Å²) in [6.07, 6.45) is 12.3. The van der Waals surface area contributed by atoms with Crippen molar-refractivity contribution in [2.24, 2.45) is 0 Å². The van der Waals surface area contributed by atoms with E-state index in [0.29, 0.717) is 11.8 Å². The van der Waals surface area contributed by atoms with Crippen molar-refractivity contribution in [3.8, 4) is 22.3 Å². The summed E-state index contributed by atoms with van der Waals surface area (Å²) in [5, 5.41) is 12.5. The normalized spacial score (nSPS) is 14.6. The molecule has 2 aliphatic carbocycles. The Morgan fingerprint density at radius 1 is 0.294 bits per heavy atom. The lowest BCUT2D eigenvalue weighted by molar-refractivity contribution is 0.445. The maximum atomic E-state index is 7.43. The predicted molar refractivity (Wildman–Crippen MR) is 360 cm³/mol. The van der Waals surface area contributed by atoms with Crippen LogP contribution in [-0.4, -0.2) is 0 Å². The van der Waals surface area contributed by atoms with E-state index in [-0.39, 0.29) is 0 Å². The molecule has 4 heteroatoms. The third kappa shape index (κ3) is 8.46. The maximum Gasteiger partial charge on any atom is 0.159 e. The minimum absolute atomic E-state index is 0.424. The number of benzene rings is 12. The molecule has 2 fully saturated rings. The van der Waals surface area contributed by atoms with Crippen LogP contribution in [0.2, 0.25) is 0 Å². The molecule has 0 atom stereocenters. The molecule has 12 aromatic carbocycles. The van der Waals surface area contributed by atoms with Crippen molar-refractivity contribution in [2.45, 2.75) is 111 Å². The zero-order valence-electron chi connectivity index (χ0n) is 49.5. The van der Waals surface area contributed by atoms with E-state index in [1.807, 2.05) is 0 Å². The summed E-state index contributed by atoms with van der Waals surface area (Å²) in [7, 11) is 0. The van der Waals surface area contributed by atoms with Gasteiger partial charge in [0.05, 0.1) is 22.7 Å². The minimum atomic E-state index is 0.424. The first-order chi connectivity index (χ1) is 41.7. The van der Waals surface area contributed by atoms with Crippen LogP contribution in [0, 0.1) is 34.6 Å². The quantitative estimate of drug-likeness (QED) is 0.128. The number of anilines is 6. The first-order valence-corrected chi connectivity index (χ1v) is 31.3. The van der Waals surface area contributed by atoms with Gasteiger partial charge in [0.25, 0.3) is 0 Å². The summed E-state index contributed by atoms with van der Waals surface area (Å²) < 4.78 is 14.8. The Morgan fingerprint density at radius 3 is 1.16 bits per heavy atom. The van der Waals surface area contributed by atoms with Crippen LogP contribution in [0.3, 0.4) is 0 Å². The number of fused-ring (bicyclic) bond motifs is 6. The molecule has 0 N–H and O–H groups in total. The molecule has 2 saturated carbocycles. The summed E-state index contributed by atoms with van der Waals surface area (Å²) in [6, 6.07) is 75.7. The SMILES string of the molecule is Cc1cccc(N(c2cc(C3CCCCC3)c3ccc4c(N(c5cc(C)cc(C)c5)c5cccc6c5oc5c(-c7ccccc7C)cccc56)cc(C5CCCCC5)c5ccc2c3c54)c2cccc3c2oc2c(-c4ccccc4C)cccc23)c1. The van der Waals surface area contributed by atoms with Crippen molar-refractivity contribution < 1.29 is 8.83 Å². The van der Waals surface area contributed by atoms with Crippen molar-refractivity contribution >= 4 is 110 Å². The fourth-order valence-electron chi connectivity index (χ4n) is 15.7. The number of furan rings is 2. The number of hydrogen-bond donors (Lipinski definition) is 0. The highest BCUT2D eigenvalue weighted by Crippen LogP contribution is 2.55. The van der Waals surface area contributed by atoms with E-state index in [9.17, 15) is 0 Å². The van der Waals surface area contributed by atoms with Crippen molar-refractivity contribution in [1.82, 2.24) is 0 Å². The van der Waals surface area contributed by atoms with Crippen LogP contribution in [-0.2, 0) is 0 Å². The molecule has 2 aromatic heterocycles. The molecule has 0 amide bonds. The van der Waals surface area contributed by atoms with Crippen LogP contribution in [0.1, 0.15) is 115 Å². The van der Waals surface area contributed by atoms with E-state index in [1.165, 1.54) is 158 Å². The van der Waals surface area contributed by atoms with Crippen LogP contribution >= 0.6 is 0 Å². The number of para-hydroxylation sites is 4. The number of rotatable bonds is 10. The molecule has 0 saturated heterocycles. The van der Waals surface area contributed by atoms with Gasteiger partial charge in [-0.25, -0.2) is 0 Å². The molecule has 85 heavy (non-hydrogen) atoms. The lowest BCUT2D eigenvalue weighted by Gasteiger charge is -2.33. The van der Waals surface area contributed by atoms with E-state index in [4.69, 9.17) is 8.83 Å². The molecule has 0 spiro atoms. The Balaban J connectivity index is 1.01. The summed E-state index contributed by atoms with van der Waals surface area (Å²) in [6.45, 7) is 11.1. The Morgan fingerprint density at radius 2 is 0.694 bits per heavy atom. The summed E-state index contributed by atoms with van der Waals surface area (Å²) in [5.74, 6) is 0.850. The van der Waals surface area contributed by atoms with Gasteiger partial charge in [-0.15, -0.1) is 0 Å². The van der Waals surface area contributed by atoms with E-state index in [0.717, 1.165) is 77.8 Å². The van der Waals surface area contributed by atoms with Crippen LogP contribution in [0.15, 0.2) is 209 Å². The fourth-order valence-corrected chi connectivity index (χ4v) is 15.7. The standard InChI is InChI=1S/C81H70N2O2/c1-49-21-16-28-56(44-49)82(72-37-19-35-66-64-33-17-31-62(78(64)84-80(66)72)58-29-14-12-22-52(58)4)74-47-70(54-24-8-6-9-25-54)60-40-42-69-75(48-71(55-26-10-7-11-27-55)61-39-41-68(74)76(60)77(61)69)83(57-45-50(2)43-51(3)46-57)73-38-20-36-67-65-34-18-32-63(79(65)85-81(67)73)59-30-15-13-23-53(59)5/h12-23,28-48,54-55H,6-11,24-27H2,1-5H3. The van der Waals surface area contributed by atoms with Gasteiger partial charge in [-0.3, -0.25) is 0 Å². The van der Waals surface area contributed by atoms with Gasteiger partial charge in [0.15, 0.2) is 11.2 Å². The zero-order valence-corrected chi connectivity index (χ0v) is 49.5. The monoisotopic (exact) mass is 1100 g/mol. The summed E-state index contributed by atoms with van der Waals surface area (Å²) in [4.78, 5) is 5.13. The largest absolute Gasteiger partial charge is 0.453 e. The number of hydrogen-bond acceptors (Lipinski definition) is 4. The van der Waals surface area contributed by atoms with Crippen LogP contribution in [0.25, 0.3) is 98.4 Å². The third-order valence-corrected chi connectivity index (χ3v) is 19.6. The van der Waals surface area contributed by atoms with E-state index in [2.05, 4.69) is 245 Å². The van der Waals surface area contributed by atoms with Crippen LogP contribution in [0.4, 0.5) is 34.1 Å². The van der Waals surface area contributed by atoms with Gasteiger partial charge in [-0.1, -0.05) is 190 Å². The molecule has 416 valence electrons. The first kappa shape index (κ1) is 51.5. The summed E-state index contributed by atoms with van der Waals surface area (Å²) >= 11 is 0. The van der Waals surface area contributed by atoms with Gasteiger partial charge >= 0.3 is 0 Å². The topological polar surface area (TPSA) is 32.8 Å². The van der Waals surface area contributed by atoms with Crippen LogP contribution in [0.5, 0.6) is 0 Å². The van der Waals surface area contributed by atoms with E-state index < -0.39 is 0 Å².